The predicted molar refractivity (Wildman–Crippen MR) is 68.2 cm³/mol. The zero-order valence-electron chi connectivity index (χ0n) is 9.47. The van der Waals surface area contributed by atoms with Crippen LogP contribution in [-0.2, 0) is 4.79 Å². The van der Waals surface area contributed by atoms with Crippen LogP contribution in [0.15, 0.2) is 35.3 Å². The van der Waals surface area contributed by atoms with E-state index in [4.69, 9.17) is 0 Å². The lowest BCUT2D eigenvalue weighted by Gasteiger charge is -2.12. The van der Waals surface area contributed by atoms with Crippen LogP contribution in [0.5, 0.6) is 0 Å². The van der Waals surface area contributed by atoms with Crippen LogP contribution in [-0.4, -0.2) is 18.7 Å². The van der Waals surface area contributed by atoms with Crippen LogP contribution in [0, 0.1) is 11.8 Å². The number of amides is 1. The van der Waals surface area contributed by atoms with Crippen LogP contribution in [0.4, 0.5) is 5.69 Å². The summed E-state index contributed by atoms with van der Waals surface area (Å²) in [6.07, 6.45) is 6.83. The third-order valence-corrected chi connectivity index (χ3v) is 3.37. The van der Waals surface area contributed by atoms with E-state index in [2.05, 4.69) is 28.5 Å². The fraction of sp³-hybridized carbons (Fsp3) is 0.286. The van der Waals surface area contributed by atoms with Crippen molar-refractivity contribution < 1.29 is 4.79 Å². The highest BCUT2D eigenvalue weighted by Gasteiger charge is 2.27. The maximum atomic E-state index is 11.2. The second-order valence-corrected chi connectivity index (χ2v) is 4.54. The summed E-state index contributed by atoms with van der Waals surface area (Å²) in [5.41, 5.74) is 2.15. The number of aliphatic imine (C=N–C) groups is 1. The lowest BCUT2D eigenvalue weighted by molar-refractivity contribution is -0.119. The van der Waals surface area contributed by atoms with Crippen LogP contribution < -0.4 is 5.32 Å². The van der Waals surface area contributed by atoms with E-state index < -0.39 is 0 Å². The lowest BCUT2D eigenvalue weighted by atomic mass is 9.92. The van der Waals surface area contributed by atoms with E-state index in [-0.39, 0.29) is 11.8 Å². The van der Waals surface area contributed by atoms with Gasteiger partial charge in [-0.05, 0) is 17.5 Å². The molecule has 3 rings (SSSR count). The van der Waals surface area contributed by atoms with E-state index >= 15 is 0 Å². The van der Waals surface area contributed by atoms with Crippen LogP contribution in [0.3, 0.4) is 0 Å². The van der Waals surface area contributed by atoms with Gasteiger partial charge in [0.15, 0.2) is 0 Å². The van der Waals surface area contributed by atoms with Gasteiger partial charge >= 0.3 is 0 Å². The third kappa shape index (κ3) is 2.00. The van der Waals surface area contributed by atoms with Gasteiger partial charge in [0.2, 0.25) is 5.91 Å². The minimum absolute atomic E-state index is 0.151. The molecule has 0 saturated carbocycles. The van der Waals surface area contributed by atoms with Gasteiger partial charge in [-0.2, -0.15) is 0 Å². The molecule has 3 heteroatoms. The van der Waals surface area contributed by atoms with E-state index in [1.165, 1.54) is 0 Å². The Kier molecular flexibility index (Phi) is 2.52. The Labute approximate surface area is 100 Å². The monoisotopic (exact) mass is 226 g/mol. The molecule has 0 aromatic heterocycles. The van der Waals surface area contributed by atoms with Crippen LogP contribution in [0.1, 0.15) is 12.0 Å². The maximum Gasteiger partial charge on any atom is 0.220 e. The molecule has 1 fully saturated rings. The largest absolute Gasteiger partial charge is 0.356 e. The Bertz CT molecular complexity index is 472. The summed E-state index contributed by atoms with van der Waals surface area (Å²) in [6, 6.07) is 8.07. The molecule has 3 nitrogen and oxygen atoms in total. The van der Waals surface area contributed by atoms with Crippen molar-refractivity contribution in [3.05, 3.63) is 35.9 Å². The fourth-order valence-electron chi connectivity index (χ4n) is 2.36. The number of allylic oxidation sites excluding steroid dienone is 1. The number of para-hydroxylation sites is 1. The Morgan fingerprint density at radius 1 is 1.29 bits per heavy atom. The molecule has 2 heterocycles. The first-order valence-corrected chi connectivity index (χ1v) is 5.91. The van der Waals surface area contributed by atoms with Gasteiger partial charge in [0, 0.05) is 25.1 Å². The molecule has 0 bridgehead atoms. The molecule has 1 saturated heterocycles. The number of fused-ring (bicyclic) bond motifs is 1. The standard InChI is InChI=1S/C14H14N2O/c17-14-7-12(9-16-14)11-6-5-10-3-1-2-4-13(10)15-8-11/h1-6,8,11-12H,7,9H2,(H,16,17). The first kappa shape index (κ1) is 10.3. The fourth-order valence-corrected chi connectivity index (χ4v) is 2.36. The second kappa shape index (κ2) is 4.17. The summed E-state index contributed by atoms with van der Waals surface area (Å²) >= 11 is 0. The minimum Gasteiger partial charge on any atom is -0.356 e. The Balaban J connectivity index is 1.86. The Hall–Kier alpha value is -1.90. The van der Waals surface area contributed by atoms with Crippen molar-refractivity contribution in [2.45, 2.75) is 6.42 Å². The van der Waals surface area contributed by atoms with Crippen molar-refractivity contribution in [1.82, 2.24) is 5.32 Å². The Morgan fingerprint density at radius 3 is 3.00 bits per heavy atom. The molecule has 2 atom stereocenters. The van der Waals surface area contributed by atoms with Crippen molar-refractivity contribution in [1.29, 1.82) is 0 Å². The van der Waals surface area contributed by atoms with Gasteiger partial charge in [-0.15, -0.1) is 0 Å². The minimum atomic E-state index is 0.151. The number of carbonyl (C=O) groups excluding carboxylic acids is 1. The zero-order chi connectivity index (χ0) is 11.7. The summed E-state index contributed by atoms with van der Waals surface area (Å²) in [6.45, 7) is 0.760. The number of carbonyl (C=O) groups is 1. The van der Waals surface area contributed by atoms with E-state index in [1.807, 2.05) is 24.4 Å². The van der Waals surface area contributed by atoms with E-state index in [1.54, 1.807) is 0 Å². The summed E-state index contributed by atoms with van der Waals surface area (Å²) in [5, 5.41) is 2.87. The molecule has 0 aliphatic carbocycles. The normalized spacial score (nSPS) is 26.5. The number of benzene rings is 1. The lowest BCUT2D eigenvalue weighted by Crippen LogP contribution is -2.17. The van der Waals surface area contributed by atoms with Crippen LogP contribution in [0.2, 0.25) is 0 Å². The Morgan fingerprint density at radius 2 is 2.18 bits per heavy atom. The van der Waals surface area contributed by atoms with E-state index in [0.29, 0.717) is 12.3 Å². The van der Waals surface area contributed by atoms with Gasteiger partial charge in [0.1, 0.15) is 0 Å². The van der Waals surface area contributed by atoms with Crippen molar-refractivity contribution >= 4 is 23.9 Å². The predicted octanol–water partition coefficient (Wildman–Crippen LogP) is 2.17. The third-order valence-electron chi connectivity index (χ3n) is 3.37. The SMILES string of the molecule is O=C1CC(C2C=Cc3ccccc3N=C2)CN1. The number of hydrogen-bond acceptors (Lipinski definition) is 2. The summed E-state index contributed by atoms with van der Waals surface area (Å²) in [4.78, 5) is 15.7. The van der Waals surface area contributed by atoms with Gasteiger partial charge in [-0.1, -0.05) is 30.4 Å². The first-order chi connectivity index (χ1) is 8.33. The summed E-state index contributed by atoms with van der Waals surface area (Å²) < 4.78 is 0. The highest BCUT2D eigenvalue weighted by molar-refractivity contribution is 5.82. The average Bonchev–Trinajstić information content (AvgIpc) is 2.66. The highest BCUT2D eigenvalue weighted by Crippen LogP contribution is 2.27. The van der Waals surface area contributed by atoms with E-state index in [9.17, 15) is 4.79 Å². The smallest absolute Gasteiger partial charge is 0.220 e. The van der Waals surface area contributed by atoms with Crippen molar-refractivity contribution in [2.24, 2.45) is 16.8 Å². The first-order valence-electron chi connectivity index (χ1n) is 5.91. The molecule has 0 radical (unpaired) electrons. The molecule has 2 unspecified atom stereocenters. The molecule has 1 aromatic rings. The molecule has 2 aliphatic heterocycles. The molecule has 2 aliphatic rings. The molecule has 17 heavy (non-hydrogen) atoms. The highest BCUT2D eigenvalue weighted by atomic mass is 16.1. The number of nitrogens with one attached hydrogen (secondary N) is 1. The second-order valence-electron chi connectivity index (χ2n) is 4.54. The van der Waals surface area contributed by atoms with Crippen molar-refractivity contribution in [2.75, 3.05) is 6.54 Å². The molecule has 1 amide bonds. The van der Waals surface area contributed by atoms with Crippen molar-refractivity contribution in [3.63, 3.8) is 0 Å². The van der Waals surface area contributed by atoms with Crippen LogP contribution in [0.25, 0.3) is 6.08 Å². The summed E-state index contributed by atoms with van der Waals surface area (Å²) in [7, 11) is 0. The molecular formula is C14H14N2O. The molecule has 86 valence electrons. The topological polar surface area (TPSA) is 41.5 Å². The molecular weight excluding hydrogens is 212 g/mol. The summed E-state index contributed by atoms with van der Waals surface area (Å²) in [5.74, 6) is 0.747. The van der Waals surface area contributed by atoms with Gasteiger partial charge < -0.3 is 5.32 Å². The number of nitrogens with zero attached hydrogens (tertiary/aromatic N) is 1. The van der Waals surface area contributed by atoms with Gasteiger partial charge in [0.25, 0.3) is 0 Å². The number of rotatable bonds is 1. The molecule has 1 N–H and O–H groups in total. The maximum absolute atomic E-state index is 11.2. The van der Waals surface area contributed by atoms with Gasteiger partial charge in [0.05, 0.1) is 5.69 Å². The zero-order valence-corrected chi connectivity index (χ0v) is 9.47. The number of hydrogen-bond donors (Lipinski definition) is 1. The van der Waals surface area contributed by atoms with Crippen LogP contribution >= 0.6 is 0 Å². The van der Waals surface area contributed by atoms with E-state index in [0.717, 1.165) is 17.8 Å². The van der Waals surface area contributed by atoms with Crippen molar-refractivity contribution in [3.8, 4) is 0 Å². The van der Waals surface area contributed by atoms with Gasteiger partial charge in [-0.3, -0.25) is 9.79 Å². The average molecular weight is 226 g/mol. The quantitative estimate of drug-likeness (QED) is 0.783. The molecule has 0 spiro atoms. The molecule has 1 aromatic carbocycles. The van der Waals surface area contributed by atoms with Gasteiger partial charge in [-0.25, -0.2) is 0 Å².